The molecule has 0 unspecified atom stereocenters. The van der Waals surface area contributed by atoms with Gasteiger partial charge in [0.2, 0.25) is 11.8 Å². The van der Waals surface area contributed by atoms with Crippen molar-refractivity contribution in [2.24, 2.45) is 5.41 Å². The van der Waals surface area contributed by atoms with Crippen LogP contribution in [-0.2, 0) is 9.59 Å². The van der Waals surface area contributed by atoms with E-state index in [4.69, 9.17) is 4.74 Å². The Balaban J connectivity index is 1.58. The first-order valence-electron chi connectivity index (χ1n) is 7.90. The fraction of sp³-hybridized carbons (Fsp3) is 0.278. The number of carbonyl (C=O) groups excluding carboxylic acids is 1. The highest BCUT2D eigenvalue weighted by atomic mass is 19.1. The van der Waals surface area contributed by atoms with E-state index in [1.165, 1.54) is 30.5 Å². The van der Waals surface area contributed by atoms with E-state index in [1.807, 2.05) is 0 Å². The van der Waals surface area contributed by atoms with Crippen molar-refractivity contribution in [3.05, 3.63) is 48.4 Å². The number of benzene rings is 1. The van der Waals surface area contributed by atoms with Gasteiger partial charge in [0.25, 0.3) is 0 Å². The highest BCUT2D eigenvalue weighted by Gasteiger charge is 2.45. The van der Waals surface area contributed by atoms with E-state index in [2.05, 4.69) is 10.3 Å². The fourth-order valence-corrected chi connectivity index (χ4v) is 2.72. The summed E-state index contributed by atoms with van der Waals surface area (Å²) in [5, 5.41) is 11.9. The Kier molecular flexibility index (Phi) is 4.65. The van der Waals surface area contributed by atoms with Crippen LogP contribution < -0.4 is 10.1 Å². The van der Waals surface area contributed by atoms with Gasteiger partial charge in [-0.05, 0) is 43.2 Å². The maximum absolute atomic E-state index is 12.8. The molecule has 1 amide bonds. The second kappa shape index (κ2) is 6.88. The standard InChI is InChI=1S/C18H17FN2O4/c19-12-2-5-14(6-3-12)25-16-7-4-13(11-20-16)21-15(22)10-18(17(23)24)8-1-9-18/h2-7,11H,1,8-10H2,(H,21,22)(H,23,24). The van der Waals surface area contributed by atoms with E-state index in [0.717, 1.165) is 6.42 Å². The van der Waals surface area contributed by atoms with Gasteiger partial charge in [-0.15, -0.1) is 0 Å². The fourth-order valence-electron chi connectivity index (χ4n) is 2.72. The van der Waals surface area contributed by atoms with E-state index >= 15 is 0 Å². The first kappa shape index (κ1) is 16.9. The number of nitrogens with one attached hydrogen (secondary N) is 1. The molecule has 3 rings (SSSR count). The van der Waals surface area contributed by atoms with Crippen LogP contribution in [0, 0.1) is 11.2 Å². The number of rotatable bonds is 6. The summed E-state index contributed by atoms with van der Waals surface area (Å²) in [5.41, 5.74) is -0.473. The highest BCUT2D eigenvalue weighted by Crippen LogP contribution is 2.44. The summed E-state index contributed by atoms with van der Waals surface area (Å²) in [7, 11) is 0. The number of pyridine rings is 1. The number of aliphatic carboxylic acids is 1. The van der Waals surface area contributed by atoms with Crippen LogP contribution >= 0.6 is 0 Å². The zero-order valence-corrected chi connectivity index (χ0v) is 13.4. The highest BCUT2D eigenvalue weighted by molar-refractivity contribution is 5.94. The van der Waals surface area contributed by atoms with Crippen LogP contribution in [0.15, 0.2) is 42.6 Å². The van der Waals surface area contributed by atoms with E-state index in [9.17, 15) is 19.1 Å². The van der Waals surface area contributed by atoms with Gasteiger partial charge >= 0.3 is 5.97 Å². The maximum Gasteiger partial charge on any atom is 0.310 e. The van der Waals surface area contributed by atoms with Crippen molar-refractivity contribution < 1.29 is 23.8 Å². The van der Waals surface area contributed by atoms with Gasteiger partial charge in [0.1, 0.15) is 11.6 Å². The van der Waals surface area contributed by atoms with Gasteiger partial charge < -0.3 is 15.2 Å². The molecule has 0 saturated heterocycles. The van der Waals surface area contributed by atoms with Crippen LogP contribution in [0.4, 0.5) is 10.1 Å². The molecule has 0 spiro atoms. The molecule has 0 bridgehead atoms. The third-order valence-corrected chi connectivity index (χ3v) is 4.32. The molecule has 25 heavy (non-hydrogen) atoms. The summed E-state index contributed by atoms with van der Waals surface area (Å²) in [6.07, 6.45) is 3.26. The largest absolute Gasteiger partial charge is 0.481 e. The minimum absolute atomic E-state index is 0.0455. The van der Waals surface area contributed by atoms with E-state index in [1.54, 1.807) is 12.1 Å². The van der Waals surface area contributed by atoms with E-state index < -0.39 is 11.4 Å². The third kappa shape index (κ3) is 3.93. The number of halogens is 1. The molecule has 1 aromatic heterocycles. The quantitative estimate of drug-likeness (QED) is 0.836. The lowest BCUT2D eigenvalue weighted by atomic mass is 9.66. The first-order chi connectivity index (χ1) is 12.0. The Bertz CT molecular complexity index is 771. The Morgan fingerprint density at radius 1 is 1.20 bits per heavy atom. The molecule has 1 aliphatic carbocycles. The molecule has 7 heteroatoms. The molecular weight excluding hydrogens is 327 g/mol. The molecular formula is C18H17FN2O4. The number of amides is 1. The van der Waals surface area contributed by atoms with Crippen molar-refractivity contribution in [3.8, 4) is 11.6 Å². The second-order valence-electron chi connectivity index (χ2n) is 6.11. The summed E-state index contributed by atoms with van der Waals surface area (Å²) in [4.78, 5) is 27.4. The molecule has 1 aliphatic rings. The Labute approximate surface area is 143 Å². The van der Waals surface area contributed by atoms with Crippen LogP contribution in [0.2, 0.25) is 0 Å². The maximum atomic E-state index is 12.8. The molecule has 0 radical (unpaired) electrons. The Morgan fingerprint density at radius 2 is 1.92 bits per heavy atom. The average molecular weight is 344 g/mol. The van der Waals surface area contributed by atoms with Crippen LogP contribution in [0.25, 0.3) is 0 Å². The van der Waals surface area contributed by atoms with Gasteiger partial charge in [-0.25, -0.2) is 9.37 Å². The summed E-state index contributed by atoms with van der Waals surface area (Å²) in [6.45, 7) is 0. The topological polar surface area (TPSA) is 88.5 Å². The van der Waals surface area contributed by atoms with Crippen LogP contribution in [-0.4, -0.2) is 22.0 Å². The van der Waals surface area contributed by atoms with Gasteiger partial charge in [-0.1, -0.05) is 6.42 Å². The third-order valence-electron chi connectivity index (χ3n) is 4.32. The van der Waals surface area contributed by atoms with Crippen LogP contribution in [0.5, 0.6) is 11.6 Å². The predicted molar refractivity (Wildman–Crippen MR) is 87.9 cm³/mol. The minimum atomic E-state index is -0.927. The van der Waals surface area contributed by atoms with Crippen molar-refractivity contribution in [2.45, 2.75) is 25.7 Å². The minimum Gasteiger partial charge on any atom is -0.481 e. The number of anilines is 1. The molecule has 2 aromatic rings. The van der Waals surface area contributed by atoms with E-state index in [0.29, 0.717) is 30.2 Å². The second-order valence-corrected chi connectivity index (χ2v) is 6.11. The Morgan fingerprint density at radius 3 is 2.44 bits per heavy atom. The number of hydrogen-bond acceptors (Lipinski definition) is 4. The molecule has 1 aromatic carbocycles. The van der Waals surface area contributed by atoms with Crippen LogP contribution in [0.1, 0.15) is 25.7 Å². The number of carboxylic acid groups (broad SMARTS) is 1. The van der Waals surface area contributed by atoms with Gasteiger partial charge in [0.15, 0.2) is 0 Å². The summed E-state index contributed by atoms with van der Waals surface area (Å²) >= 11 is 0. The lowest BCUT2D eigenvalue weighted by molar-refractivity contribution is -0.157. The summed E-state index contributed by atoms with van der Waals surface area (Å²) in [6, 6.07) is 8.70. The van der Waals surface area contributed by atoms with Gasteiger partial charge in [0.05, 0.1) is 17.3 Å². The van der Waals surface area contributed by atoms with Crippen molar-refractivity contribution in [2.75, 3.05) is 5.32 Å². The van der Waals surface area contributed by atoms with E-state index in [-0.39, 0.29) is 18.1 Å². The smallest absolute Gasteiger partial charge is 0.310 e. The lowest BCUT2D eigenvalue weighted by Gasteiger charge is -2.36. The van der Waals surface area contributed by atoms with Crippen molar-refractivity contribution in [1.82, 2.24) is 4.98 Å². The SMILES string of the molecule is O=C(CC1(C(=O)O)CCC1)Nc1ccc(Oc2ccc(F)cc2)nc1. The van der Waals surface area contributed by atoms with Gasteiger partial charge in [-0.3, -0.25) is 9.59 Å². The number of aromatic nitrogens is 1. The number of hydrogen-bond donors (Lipinski definition) is 2. The molecule has 1 saturated carbocycles. The predicted octanol–water partition coefficient (Wildman–Crippen LogP) is 3.60. The monoisotopic (exact) mass is 344 g/mol. The van der Waals surface area contributed by atoms with Crippen molar-refractivity contribution >= 4 is 17.6 Å². The number of carboxylic acids is 1. The molecule has 6 nitrogen and oxygen atoms in total. The Hall–Kier alpha value is -2.96. The molecule has 2 N–H and O–H groups in total. The average Bonchev–Trinajstić information content (AvgIpc) is 2.54. The zero-order valence-electron chi connectivity index (χ0n) is 13.4. The molecule has 1 heterocycles. The molecule has 0 aliphatic heterocycles. The summed E-state index contributed by atoms with van der Waals surface area (Å²) < 4.78 is 18.3. The van der Waals surface area contributed by atoms with Crippen LogP contribution in [0.3, 0.4) is 0 Å². The number of nitrogens with zero attached hydrogens (tertiary/aromatic N) is 1. The number of ether oxygens (including phenoxy) is 1. The van der Waals surface area contributed by atoms with Gasteiger partial charge in [-0.2, -0.15) is 0 Å². The van der Waals surface area contributed by atoms with Crippen molar-refractivity contribution in [1.29, 1.82) is 0 Å². The van der Waals surface area contributed by atoms with Gasteiger partial charge in [0, 0.05) is 12.5 Å². The van der Waals surface area contributed by atoms with Crippen molar-refractivity contribution in [3.63, 3.8) is 0 Å². The zero-order chi connectivity index (χ0) is 17.9. The lowest BCUT2D eigenvalue weighted by Crippen LogP contribution is -2.41. The summed E-state index contributed by atoms with van der Waals surface area (Å²) in [5.74, 6) is -0.889. The molecule has 0 atom stereocenters. The first-order valence-corrected chi connectivity index (χ1v) is 7.90. The molecule has 1 fully saturated rings. The normalized spacial score (nSPS) is 15.1. The molecule has 130 valence electrons. The number of carbonyl (C=O) groups is 2.